The Labute approximate surface area is 129 Å². The number of halogens is 1. The molecule has 1 heterocycles. The molecule has 2 rings (SSSR count). The normalized spacial score (nSPS) is 20.5. The van der Waals surface area contributed by atoms with Crippen LogP contribution in [0.3, 0.4) is 0 Å². The molecule has 20 heavy (non-hydrogen) atoms. The summed E-state index contributed by atoms with van der Waals surface area (Å²) in [5, 5.41) is 0. The fourth-order valence-electron chi connectivity index (χ4n) is 2.74. The molecule has 1 aliphatic rings. The third-order valence-electron chi connectivity index (χ3n) is 3.78. The summed E-state index contributed by atoms with van der Waals surface area (Å²) in [7, 11) is 0. The molecule has 0 N–H and O–H groups in total. The van der Waals surface area contributed by atoms with Crippen molar-refractivity contribution in [1.82, 2.24) is 0 Å². The van der Waals surface area contributed by atoms with Gasteiger partial charge in [0.1, 0.15) is 5.60 Å². The number of nitrogens with zero attached hydrogens (tertiary/aromatic N) is 1. The van der Waals surface area contributed by atoms with Gasteiger partial charge in [-0.2, -0.15) is 0 Å². The highest BCUT2D eigenvalue weighted by molar-refractivity contribution is 5.85. The number of aliphatic imine (C=N–C) groups is 1. The molecule has 112 valence electrons. The van der Waals surface area contributed by atoms with Crippen molar-refractivity contribution in [2.45, 2.75) is 65.4 Å². The lowest BCUT2D eigenvalue weighted by Gasteiger charge is -2.36. The average Bonchev–Trinajstić information content (AvgIpc) is 2.37. The van der Waals surface area contributed by atoms with Crippen LogP contribution in [0.2, 0.25) is 0 Å². The number of rotatable bonds is 5. The Morgan fingerprint density at radius 1 is 1.20 bits per heavy atom. The summed E-state index contributed by atoms with van der Waals surface area (Å²) in [5.74, 6) is 0.911. The highest BCUT2D eigenvalue weighted by Crippen LogP contribution is 2.41. The second-order valence-corrected chi connectivity index (χ2v) is 5.71. The number of aryl methyl sites for hydroxylation is 1. The molecular formula is C17H26ClNO. The van der Waals surface area contributed by atoms with Crippen LogP contribution in [0.25, 0.3) is 0 Å². The predicted octanol–water partition coefficient (Wildman–Crippen LogP) is 5.68. The van der Waals surface area contributed by atoms with E-state index in [0.29, 0.717) is 0 Å². The minimum Gasteiger partial charge on any atom is -0.470 e. The smallest absolute Gasteiger partial charge is 0.189 e. The minimum absolute atomic E-state index is 0. The zero-order chi connectivity index (χ0) is 13.9. The van der Waals surface area contributed by atoms with E-state index in [9.17, 15) is 0 Å². The molecule has 3 heteroatoms. The van der Waals surface area contributed by atoms with Crippen LogP contribution in [-0.4, -0.2) is 5.90 Å². The summed E-state index contributed by atoms with van der Waals surface area (Å²) in [6.45, 7) is 8.74. The largest absolute Gasteiger partial charge is 0.470 e. The van der Waals surface area contributed by atoms with Crippen molar-refractivity contribution in [3.8, 4) is 0 Å². The highest BCUT2D eigenvalue weighted by atomic mass is 35.5. The second kappa shape index (κ2) is 7.12. The number of ether oxygens (including phenoxy) is 1. The van der Waals surface area contributed by atoms with Gasteiger partial charge in [-0.25, -0.2) is 4.99 Å². The van der Waals surface area contributed by atoms with Crippen molar-refractivity contribution >= 4 is 24.0 Å². The summed E-state index contributed by atoms with van der Waals surface area (Å²) in [5.41, 5.74) is 3.41. The molecule has 0 fully saturated rings. The number of benzene rings is 1. The summed E-state index contributed by atoms with van der Waals surface area (Å²) in [6, 6.07) is 6.50. The molecule has 1 aromatic rings. The van der Waals surface area contributed by atoms with E-state index in [0.717, 1.165) is 37.3 Å². The van der Waals surface area contributed by atoms with Gasteiger partial charge in [-0.05, 0) is 38.8 Å². The van der Waals surface area contributed by atoms with Gasteiger partial charge < -0.3 is 4.74 Å². The summed E-state index contributed by atoms with van der Waals surface area (Å²) < 4.78 is 6.25. The molecule has 0 radical (unpaired) electrons. The zero-order valence-corrected chi connectivity index (χ0v) is 13.8. The molecule has 0 saturated carbocycles. The van der Waals surface area contributed by atoms with E-state index in [1.807, 2.05) is 0 Å². The van der Waals surface area contributed by atoms with Gasteiger partial charge in [0.15, 0.2) is 5.90 Å². The maximum Gasteiger partial charge on any atom is 0.189 e. The molecule has 0 bridgehead atoms. The summed E-state index contributed by atoms with van der Waals surface area (Å²) >= 11 is 0. The molecule has 0 amide bonds. The first kappa shape index (κ1) is 17.0. The van der Waals surface area contributed by atoms with Crippen LogP contribution in [0.1, 0.15) is 64.0 Å². The van der Waals surface area contributed by atoms with Crippen LogP contribution < -0.4 is 0 Å². The monoisotopic (exact) mass is 295 g/mol. The van der Waals surface area contributed by atoms with Crippen molar-refractivity contribution in [1.29, 1.82) is 0 Å². The highest BCUT2D eigenvalue weighted by Gasteiger charge is 2.34. The maximum atomic E-state index is 6.25. The number of fused-ring (bicyclic) bond motifs is 1. The van der Waals surface area contributed by atoms with Gasteiger partial charge in [0.05, 0.1) is 5.69 Å². The van der Waals surface area contributed by atoms with Crippen molar-refractivity contribution in [3.63, 3.8) is 0 Å². The van der Waals surface area contributed by atoms with Crippen molar-refractivity contribution in [2.75, 3.05) is 0 Å². The van der Waals surface area contributed by atoms with E-state index in [1.165, 1.54) is 17.5 Å². The standard InChI is InChI=1S/C17H25NO.ClH/c1-5-7-8-16-18-15-10-9-13(3)12-14(15)17(4,19-16)11-6-2;/h9-10,12H,5-8,11H2,1-4H3;1H. The van der Waals surface area contributed by atoms with Gasteiger partial charge in [-0.1, -0.05) is 38.3 Å². The Morgan fingerprint density at radius 3 is 2.60 bits per heavy atom. The topological polar surface area (TPSA) is 21.6 Å². The van der Waals surface area contributed by atoms with Gasteiger partial charge in [0.2, 0.25) is 0 Å². The van der Waals surface area contributed by atoms with Crippen molar-refractivity contribution < 1.29 is 4.74 Å². The van der Waals surface area contributed by atoms with Crippen LogP contribution in [0.4, 0.5) is 5.69 Å². The summed E-state index contributed by atoms with van der Waals surface area (Å²) in [4.78, 5) is 4.70. The van der Waals surface area contributed by atoms with Crippen LogP contribution in [-0.2, 0) is 10.3 Å². The molecular weight excluding hydrogens is 270 g/mol. The first-order valence-electron chi connectivity index (χ1n) is 7.46. The molecule has 0 spiro atoms. The van der Waals surface area contributed by atoms with E-state index in [4.69, 9.17) is 9.73 Å². The number of hydrogen-bond acceptors (Lipinski definition) is 2. The Morgan fingerprint density at radius 2 is 1.95 bits per heavy atom. The third-order valence-corrected chi connectivity index (χ3v) is 3.78. The molecule has 0 aromatic heterocycles. The molecule has 2 nitrogen and oxygen atoms in total. The van der Waals surface area contributed by atoms with E-state index in [-0.39, 0.29) is 18.0 Å². The van der Waals surface area contributed by atoms with E-state index >= 15 is 0 Å². The SMILES string of the molecule is CCCCC1=Nc2ccc(C)cc2C(C)(CCC)O1.Cl. The predicted molar refractivity (Wildman–Crippen MR) is 88.4 cm³/mol. The Hall–Kier alpha value is -1.02. The van der Waals surface area contributed by atoms with E-state index in [2.05, 4.69) is 45.9 Å². The van der Waals surface area contributed by atoms with Gasteiger partial charge >= 0.3 is 0 Å². The Bertz CT molecular complexity index is 484. The van der Waals surface area contributed by atoms with Crippen molar-refractivity contribution in [2.24, 2.45) is 4.99 Å². The first-order chi connectivity index (χ1) is 9.09. The van der Waals surface area contributed by atoms with Crippen molar-refractivity contribution in [3.05, 3.63) is 29.3 Å². The average molecular weight is 296 g/mol. The molecule has 1 unspecified atom stereocenters. The quantitative estimate of drug-likeness (QED) is 0.684. The number of hydrogen-bond donors (Lipinski definition) is 0. The number of unbranched alkanes of at least 4 members (excludes halogenated alkanes) is 1. The molecule has 0 saturated heterocycles. The molecule has 1 atom stereocenters. The lowest BCUT2D eigenvalue weighted by molar-refractivity contribution is 0.0548. The lowest BCUT2D eigenvalue weighted by atomic mass is 9.87. The van der Waals surface area contributed by atoms with Crippen LogP contribution in [0, 0.1) is 6.92 Å². The fourth-order valence-corrected chi connectivity index (χ4v) is 2.74. The maximum absolute atomic E-state index is 6.25. The van der Waals surface area contributed by atoms with Gasteiger partial charge in [0.25, 0.3) is 0 Å². The lowest BCUT2D eigenvalue weighted by Crippen LogP contribution is -2.32. The Kier molecular flexibility index (Phi) is 6.07. The molecule has 1 aromatic carbocycles. The summed E-state index contributed by atoms with van der Waals surface area (Å²) in [6.07, 6.45) is 5.42. The van der Waals surface area contributed by atoms with Crippen LogP contribution >= 0.6 is 12.4 Å². The van der Waals surface area contributed by atoms with E-state index in [1.54, 1.807) is 0 Å². The Balaban J connectivity index is 0.00000200. The molecule has 0 aliphatic carbocycles. The second-order valence-electron chi connectivity index (χ2n) is 5.71. The van der Waals surface area contributed by atoms with E-state index < -0.39 is 0 Å². The third kappa shape index (κ3) is 3.54. The fraction of sp³-hybridized carbons (Fsp3) is 0.588. The minimum atomic E-state index is -0.207. The first-order valence-corrected chi connectivity index (χ1v) is 7.46. The van der Waals surface area contributed by atoms with Crippen LogP contribution in [0.15, 0.2) is 23.2 Å². The van der Waals surface area contributed by atoms with Gasteiger partial charge in [-0.3, -0.25) is 0 Å². The van der Waals surface area contributed by atoms with Gasteiger partial charge in [-0.15, -0.1) is 12.4 Å². The zero-order valence-electron chi connectivity index (χ0n) is 13.0. The van der Waals surface area contributed by atoms with Crippen LogP contribution in [0.5, 0.6) is 0 Å². The molecule has 1 aliphatic heterocycles. The van der Waals surface area contributed by atoms with Gasteiger partial charge in [0, 0.05) is 12.0 Å².